The molecule has 0 spiro atoms. The van der Waals surface area contributed by atoms with E-state index in [1.54, 1.807) is 6.33 Å². The fraction of sp³-hybridized carbons (Fsp3) is 0.800. The summed E-state index contributed by atoms with van der Waals surface area (Å²) in [6.45, 7) is 5.47. The number of aromatic amines is 1. The second kappa shape index (κ2) is 7.09. The number of piperazine rings is 1. The van der Waals surface area contributed by atoms with Gasteiger partial charge in [0.15, 0.2) is 5.15 Å². The van der Waals surface area contributed by atoms with Crippen molar-refractivity contribution >= 4 is 11.6 Å². The van der Waals surface area contributed by atoms with Gasteiger partial charge < -0.3 is 10.3 Å². The van der Waals surface area contributed by atoms with Crippen molar-refractivity contribution in [2.24, 2.45) is 0 Å². The Bertz CT molecular complexity index is 435. The van der Waals surface area contributed by atoms with Crippen molar-refractivity contribution in [2.45, 2.75) is 37.8 Å². The van der Waals surface area contributed by atoms with E-state index in [-0.39, 0.29) is 6.04 Å². The van der Waals surface area contributed by atoms with Gasteiger partial charge in [0.2, 0.25) is 0 Å². The van der Waals surface area contributed by atoms with Gasteiger partial charge in [-0.15, -0.1) is 0 Å². The molecule has 5 nitrogen and oxygen atoms in total. The summed E-state index contributed by atoms with van der Waals surface area (Å²) in [4.78, 5) is 12.6. The molecule has 21 heavy (non-hydrogen) atoms. The Morgan fingerprint density at radius 3 is 2.62 bits per heavy atom. The summed E-state index contributed by atoms with van der Waals surface area (Å²) in [5.41, 5.74) is 1.04. The number of likely N-dealkylation sites (N-methyl/N-ethyl adjacent to an activating group) is 1. The van der Waals surface area contributed by atoms with Crippen molar-refractivity contribution in [3.63, 3.8) is 0 Å². The number of hydrogen-bond acceptors (Lipinski definition) is 4. The molecule has 0 aromatic carbocycles. The molecule has 1 saturated heterocycles. The maximum absolute atomic E-state index is 6.21. The maximum atomic E-state index is 6.21. The monoisotopic (exact) mass is 311 g/mol. The first-order chi connectivity index (χ1) is 10.3. The standard InChI is InChI=1S/C15H26ClN5/c1-17-10-13(14-15(16)19-11-18-14)21-8-6-20(7-9-21)12-4-2-3-5-12/h11-13,17H,2-10H2,1H3,(H,18,19). The van der Waals surface area contributed by atoms with Gasteiger partial charge in [0.05, 0.1) is 18.1 Å². The van der Waals surface area contributed by atoms with Crippen LogP contribution in [0, 0.1) is 0 Å². The van der Waals surface area contributed by atoms with Gasteiger partial charge in [-0.1, -0.05) is 24.4 Å². The highest BCUT2D eigenvalue weighted by atomic mass is 35.5. The summed E-state index contributed by atoms with van der Waals surface area (Å²) in [5, 5.41) is 3.89. The van der Waals surface area contributed by atoms with E-state index in [0.29, 0.717) is 5.15 Å². The zero-order chi connectivity index (χ0) is 14.7. The molecule has 0 bridgehead atoms. The van der Waals surface area contributed by atoms with Crippen molar-refractivity contribution in [3.8, 4) is 0 Å². The van der Waals surface area contributed by atoms with Crippen molar-refractivity contribution < 1.29 is 0 Å². The molecule has 0 amide bonds. The van der Waals surface area contributed by atoms with Crippen LogP contribution in [0.25, 0.3) is 0 Å². The molecule has 118 valence electrons. The van der Waals surface area contributed by atoms with Gasteiger partial charge in [-0.25, -0.2) is 4.98 Å². The highest BCUT2D eigenvalue weighted by Crippen LogP contribution is 2.28. The Balaban J connectivity index is 1.61. The van der Waals surface area contributed by atoms with Gasteiger partial charge in [-0.2, -0.15) is 0 Å². The Morgan fingerprint density at radius 2 is 2.05 bits per heavy atom. The van der Waals surface area contributed by atoms with Gasteiger partial charge in [0, 0.05) is 38.8 Å². The number of nitrogens with zero attached hydrogens (tertiary/aromatic N) is 3. The number of aromatic nitrogens is 2. The Hall–Kier alpha value is -0.620. The van der Waals surface area contributed by atoms with Crippen molar-refractivity contribution in [1.29, 1.82) is 0 Å². The number of nitrogens with one attached hydrogen (secondary N) is 2. The minimum absolute atomic E-state index is 0.288. The zero-order valence-electron chi connectivity index (χ0n) is 12.8. The van der Waals surface area contributed by atoms with Crippen molar-refractivity contribution in [3.05, 3.63) is 17.2 Å². The molecule has 1 aromatic heterocycles. The van der Waals surface area contributed by atoms with Gasteiger partial charge >= 0.3 is 0 Å². The molecule has 1 aliphatic heterocycles. The summed E-state index contributed by atoms with van der Waals surface area (Å²) in [5.74, 6) is 0. The van der Waals surface area contributed by atoms with Crippen LogP contribution in [-0.2, 0) is 0 Å². The molecule has 2 N–H and O–H groups in total. The number of imidazole rings is 1. The van der Waals surface area contributed by atoms with Gasteiger partial charge in [0.1, 0.15) is 0 Å². The third-order valence-corrected chi connectivity index (χ3v) is 5.28. The highest BCUT2D eigenvalue weighted by Gasteiger charge is 2.30. The van der Waals surface area contributed by atoms with Crippen LogP contribution in [-0.4, -0.2) is 65.6 Å². The largest absolute Gasteiger partial charge is 0.346 e. The average Bonchev–Trinajstić information content (AvgIpc) is 3.17. The fourth-order valence-electron chi connectivity index (χ4n) is 3.81. The summed E-state index contributed by atoms with van der Waals surface area (Å²) in [7, 11) is 1.99. The topological polar surface area (TPSA) is 47.2 Å². The minimum Gasteiger partial charge on any atom is -0.346 e. The smallest absolute Gasteiger partial charge is 0.151 e. The van der Waals surface area contributed by atoms with Crippen molar-refractivity contribution in [2.75, 3.05) is 39.8 Å². The molecule has 6 heteroatoms. The molecule has 1 aliphatic carbocycles. The molecule has 1 saturated carbocycles. The lowest BCUT2D eigenvalue weighted by molar-refractivity contribution is 0.0691. The first-order valence-corrected chi connectivity index (χ1v) is 8.49. The molecule has 0 radical (unpaired) electrons. The normalized spacial score (nSPS) is 23.7. The molecule has 1 aromatic rings. The van der Waals surface area contributed by atoms with Crippen LogP contribution in [0.4, 0.5) is 0 Å². The molecule has 3 rings (SSSR count). The van der Waals surface area contributed by atoms with E-state index in [2.05, 4.69) is 25.1 Å². The molecular formula is C15H26ClN5. The molecule has 2 aliphatic rings. The predicted molar refractivity (Wildman–Crippen MR) is 85.7 cm³/mol. The summed E-state index contributed by atoms with van der Waals surface area (Å²) < 4.78 is 0. The number of halogens is 1. The number of hydrogen-bond donors (Lipinski definition) is 2. The summed E-state index contributed by atoms with van der Waals surface area (Å²) in [6.07, 6.45) is 7.31. The first-order valence-electron chi connectivity index (χ1n) is 8.11. The molecule has 2 heterocycles. The lowest BCUT2D eigenvalue weighted by Gasteiger charge is -2.41. The third kappa shape index (κ3) is 3.42. The lowest BCUT2D eigenvalue weighted by atomic mass is 10.1. The second-order valence-corrected chi connectivity index (χ2v) is 6.55. The predicted octanol–water partition coefficient (Wildman–Crippen LogP) is 1.88. The Morgan fingerprint density at radius 1 is 1.33 bits per heavy atom. The molecular weight excluding hydrogens is 286 g/mol. The average molecular weight is 312 g/mol. The Kier molecular flexibility index (Phi) is 5.16. The summed E-state index contributed by atoms with van der Waals surface area (Å²) in [6, 6.07) is 1.13. The van der Waals surface area contributed by atoms with Crippen LogP contribution in [0.15, 0.2) is 6.33 Å². The molecule has 2 fully saturated rings. The van der Waals surface area contributed by atoms with Crippen LogP contribution in [0.1, 0.15) is 37.4 Å². The number of H-pyrrole nitrogens is 1. The van der Waals surface area contributed by atoms with Crippen LogP contribution in [0.3, 0.4) is 0 Å². The SMILES string of the molecule is CNCC(c1[nH]cnc1Cl)N1CCN(C2CCCC2)CC1. The van der Waals surface area contributed by atoms with E-state index in [4.69, 9.17) is 11.6 Å². The van der Waals surface area contributed by atoms with Crippen LogP contribution < -0.4 is 5.32 Å². The first kappa shape index (κ1) is 15.3. The molecule has 1 atom stereocenters. The van der Waals surface area contributed by atoms with Gasteiger partial charge in [-0.3, -0.25) is 9.80 Å². The minimum atomic E-state index is 0.288. The van der Waals surface area contributed by atoms with Crippen LogP contribution in [0.2, 0.25) is 5.15 Å². The van der Waals surface area contributed by atoms with Gasteiger partial charge in [-0.05, 0) is 19.9 Å². The van der Waals surface area contributed by atoms with Crippen LogP contribution in [0.5, 0.6) is 0 Å². The fourth-order valence-corrected chi connectivity index (χ4v) is 4.04. The lowest BCUT2D eigenvalue weighted by Crippen LogP contribution is -2.51. The van der Waals surface area contributed by atoms with Crippen LogP contribution >= 0.6 is 11.6 Å². The Labute approximate surface area is 132 Å². The maximum Gasteiger partial charge on any atom is 0.151 e. The van der Waals surface area contributed by atoms with E-state index < -0.39 is 0 Å². The van der Waals surface area contributed by atoms with Crippen molar-refractivity contribution in [1.82, 2.24) is 25.1 Å². The third-order valence-electron chi connectivity index (χ3n) is 4.98. The number of rotatable bonds is 5. The van der Waals surface area contributed by atoms with Gasteiger partial charge in [0.25, 0.3) is 0 Å². The highest BCUT2D eigenvalue weighted by molar-refractivity contribution is 6.30. The zero-order valence-corrected chi connectivity index (χ0v) is 13.6. The van der Waals surface area contributed by atoms with E-state index in [1.165, 1.54) is 38.8 Å². The quantitative estimate of drug-likeness (QED) is 0.872. The molecule has 1 unspecified atom stereocenters. The van der Waals surface area contributed by atoms with E-state index in [9.17, 15) is 0 Å². The van der Waals surface area contributed by atoms with E-state index in [1.807, 2.05) is 7.05 Å². The van der Waals surface area contributed by atoms with E-state index in [0.717, 1.165) is 31.4 Å². The van der Waals surface area contributed by atoms with E-state index >= 15 is 0 Å². The second-order valence-electron chi connectivity index (χ2n) is 6.19. The summed E-state index contributed by atoms with van der Waals surface area (Å²) >= 11 is 6.21.